The summed E-state index contributed by atoms with van der Waals surface area (Å²) in [5, 5.41) is 3.54. The number of hydrogen-bond donors (Lipinski definition) is 1. The predicted molar refractivity (Wildman–Crippen MR) is 82.6 cm³/mol. The van der Waals surface area contributed by atoms with Crippen LogP contribution in [0.3, 0.4) is 0 Å². The summed E-state index contributed by atoms with van der Waals surface area (Å²) in [5.74, 6) is 0. The maximum atomic E-state index is 3.54. The standard InChI is InChI=1S/C17H28N2/c1-6-17(5)12-18-7-8-19(17)11-16-14(3)9-13(2)10-15(16)4/h9-10,18H,6-8,11-12H2,1-5H3. The van der Waals surface area contributed by atoms with Crippen LogP contribution in [-0.4, -0.2) is 30.1 Å². The van der Waals surface area contributed by atoms with Gasteiger partial charge < -0.3 is 5.32 Å². The molecule has 1 atom stereocenters. The fraction of sp³-hybridized carbons (Fsp3) is 0.647. The first-order chi connectivity index (χ1) is 8.96. The van der Waals surface area contributed by atoms with Crippen LogP contribution in [0.15, 0.2) is 12.1 Å². The number of benzene rings is 1. The van der Waals surface area contributed by atoms with Gasteiger partial charge in [-0.05, 0) is 50.8 Å². The lowest BCUT2D eigenvalue weighted by Gasteiger charge is -2.45. The highest BCUT2D eigenvalue weighted by Gasteiger charge is 2.32. The van der Waals surface area contributed by atoms with Crippen LogP contribution in [0.2, 0.25) is 0 Å². The first-order valence-electron chi connectivity index (χ1n) is 7.49. The molecule has 0 saturated carbocycles. The van der Waals surface area contributed by atoms with E-state index in [-0.39, 0.29) is 0 Å². The molecule has 1 aliphatic heterocycles. The molecule has 1 aromatic carbocycles. The molecule has 0 aromatic heterocycles. The minimum absolute atomic E-state index is 0.294. The summed E-state index contributed by atoms with van der Waals surface area (Å²) < 4.78 is 0. The molecule has 0 bridgehead atoms. The molecule has 0 spiro atoms. The zero-order valence-corrected chi connectivity index (χ0v) is 13.1. The fourth-order valence-corrected chi connectivity index (χ4v) is 3.22. The second kappa shape index (κ2) is 5.64. The van der Waals surface area contributed by atoms with E-state index in [1.807, 2.05) is 0 Å². The lowest BCUT2D eigenvalue weighted by atomic mass is 9.91. The summed E-state index contributed by atoms with van der Waals surface area (Å²) >= 11 is 0. The Hall–Kier alpha value is -0.860. The fourth-order valence-electron chi connectivity index (χ4n) is 3.22. The summed E-state index contributed by atoms with van der Waals surface area (Å²) in [7, 11) is 0. The highest BCUT2D eigenvalue weighted by atomic mass is 15.2. The van der Waals surface area contributed by atoms with Crippen LogP contribution < -0.4 is 5.32 Å². The highest BCUT2D eigenvalue weighted by molar-refractivity contribution is 5.37. The topological polar surface area (TPSA) is 15.3 Å². The van der Waals surface area contributed by atoms with Crippen molar-refractivity contribution in [1.82, 2.24) is 10.2 Å². The van der Waals surface area contributed by atoms with Crippen LogP contribution in [-0.2, 0) is 6.54 Å². The van der Waals surface area contributed by atoms with E-state index < -0.39 is 0 Å². The van der Waals surface area contributed by atoms with Crippen molar-refractivity contribution in [3.05, 3.63) is 34.4 Å². The van der Waals surface area contributed by atoms with Gasteiger partial charge in [0.1, 0.15) is 0 Å². The van der Waals surface area contributed by atoms with E-state index in [2.05, 4.69) is 57.0 Å². The maximum absolute atomic E-state index is 3.54. The van der Waals surface area contributed by atoms with Crippen LogP contribution in [0.25, 0.3) is 0 Å². The van der Waals surface area contributed by atoms with Crippen molar-refractivity contribution in [1.29, 1.82) is 0 Å². The number of rotatable bonds is 3. The van der Waals surface area contributed by atoms with E-state index in [0.717, 1.165) is 26.2 Å². The molecule has 0 amide bonds. The van der Waals surface area contributed by atoms with Crippen LogP contribution in [0.4, 0.5) is 0 Å². The smallest absolute Gasteiger partial charge is 0.0307 e. The summed E-state index contributed by atoms with van der Waals surface area (Å²) in [6, 6.07) is 4.63. The van der Waals surface area contributed by atoms with E-state index in [0.29, 0.717) is 5.54 Å². The largest absolute Gasteiger partial charge is 0.314 e. The quantitative estimate of drug-likeness (QED) is 0.898. The third kappa shape index (κ3) is 3.01. The zero-order valence-electron chi connectivity index (χ0n) is 13.1. The van der Waals surface area contributed by atoms with Gasteiger partial charge in [0.25, 0.3) is 0 Å². The Labute approximate surface area is 118 Å². The van der Waals surface area contributed by atoms with Gasteiger partial charge in [0.05, 0.1) is 0 Å². The maximum Gasteiger partial charge on any atom is 0.0307 e. The molecular formula is C17H28N2. The molecule has 19 heavy (non-hydrogen) atoms. The van der Waals surface area contributed by atoms with Gasteiger partial charge in [0.15, 0.2) is 0 Å². The molecule has 1 aromatic rings. The van der Waals surface area contributed by atoms with Gasteiger partial charge in [-0.15, -0.1) is 0 Å². The first-order valence-corrected chi connectivity index (χ1v) is 7.49. The van der Waals surface area contributed by atoms with E-state index in [4.69, 9.17) is 0 Å². The van der Waals surface area contributed by atoms with E-state index >= 15 is 0 Å². The Morgan fingerprint density at radius 3 is 2.42 bits per heavy atom. The van der Waals surface area contributed by atoms with Gasteiger partial charge in [0.2, 0.25) is 0 Å². The molecule has 2 nitrogen and oxygen atoms in total. The lowest BCUT2D eigenvalue weighted by molar-refractivity contribution is 0.0634. The Morgan fingerprint density at radius 1 is 1.21 bits per heavy atom. The van der Waals surface area contributed by atoms with Crippen molar-refractivity contribution in [3.63, 3.8) is 0 Å². The number of piperazine rings is 1. The van der Waals surface area contributed by atoms with E-state index in [9.17, 15) is 0 Å². The summed E-state index contributed by atoms with van der Waals surface area (Å²) in [5.41, 5.74) is 6.07. The average molecular weight is 260 g/mol. The molecule has 1 heterocycles. The van der Waals surface area contributed by atoms with Gasteiger partial charge in [0, 0.05) is 31.7 Å². The van der Waals surface area contributed by atoms with Gasteiger partial charge in [-0.1, -0.05) is 24.6 Å². The van der Waals surface area contributed by atoms with Crippen molar-refractivity contribution >= 4 is 0 Å². The minimum atomic E-state index is 0.294. The van der Waals surface area contributed by atoms with Crippen LogP contribution in [0.5, 0.6) is 0 Å². The Bertz CT molecular complexity index is 430. The van der Waals surface area contributed by atoms with E-state index in [1.165, 1.54) is 28.7 Å². The molecule has 0 radical (unpaired) electrons. The van der Waals surface area contributed by atoms with Crippen LogP contribution >= 0.6 is 0 Å². The normalized spacial score (nSPS) is 24.7. The molecular weight excluding hydrogens is 232 g/mol. The van der Waals surface area contributed by atoms with Crippen LogP contribution in [0.1, 0.15) is 42.5 Å². The van der Waals surface area contributed by atoms with Crippen molar-refractivity contribution in [2.75, 3.05) is 19.6 Å². The highest BCUT2D eigenvalue weighted by Crippen LogP contribution is 2.26. The molecule has 1 fully saturated rings. The molecule has 0 aliphatic carbocycles. The van der Waals surface area contributed by atoms with Gasteiger partial charge in [-0.3, -0.25) is 4.90 Å². The molecule has 106 valence electrons. The monoisotopic (exact) mass is 260 g/mol. The second-order valence-electron chi connectivity index (χ2n) is 6.33. The molecule has 2 heteroatoms. The van der Waals surface area contributed by atoms with E-state index in [1.54, 1.807) is 0 Å². The van der Waals surface area contributed by atoms with Gasteiger partial charge in [-0.25, -0.2) is 0 Å². The Kier molecular flexibility index (Phi) is 4.32. The van der Waals surface area contributed by atoms with Crippen molar-refractivity contribution in [3.8, 4) is 0 Å². The lowest BCUT2D eigenvalue weighted by Crippen LogP contribution is -2.58. The average Bonchev–Trinajstić information content (AvgIpc) is 2.35. The van der Waals surface area contributed by atoms with Gasteiger partial charge in [-0.2, -0.15) is 0 Å². The first kappa shape index (κ1) is 14.5. The number of nitrogens with one attached hydrogen (secondary N) is 1. The summed E-state index contributed by atoms with van der Waals surface area (Å²) in [6.45, 7) is 15.8. The second-order valence-corrected chi connectivity index (χ2v) is 6.33. The molecule has 1 saturated heterocycles. The number of aryl methyl sites for hydroxylation is 3. The van der Waals surface area contributed by atoms with Crippen molar-refractivity contribution in [2.24, 2.45) is 0 Å². The SMILES string of the molecule is CCC1(C)CNCCN1Cc1c(C)cc(C)cc1C. The van der Waals surface area contributed by atoms with Crippen molar-refractivity contribution < 1.29 is 0 Å². The van der Waals surface area contributed by atoms with Gasteiger partial charge >= 0.3 is 0 Å². The number of hydrogen-bond acceptors (Lipinski definition) is 2. The molecule has 1 aliphatic rings. The van der Waals surface area contributed by atoms with Crippen LogP contribution in [0, 0.1) is 20.8 Å². The molecule has 1 unspecified atom stereocenters. The summed E-state index contributed by atoms with van der Waals surface area (Å²) in [6.07, 6.45) is 1.20. The zero-order chi connectivity index (χ0) is 14.0. The molecule has 1 N–H and O–H groups in total. The summed E-state index contributed by atoms with van der Waals surface area (Å²) in [4.78, 5) is 2.66. The number of nitrogens with zero attached hydrogens (tertiary/aromatic N) is 1. The minimum Gasteiger partial charge on any atom is -0.314 e. The Morgan fingerprint density at radius 2 is 1.84 bits per heavy atom. The third-order valence-corrected chi connectivity index (χ3v) is 4.78. The molecule has 2 rings (SSSR count). The predicted octanol–water partition coefficient (Wildman–Crippen LogP) is 3.19. The third-order valence-electron chi connectivity index (χ3n) is 4.78. The van der Waals surface area contributed by atoms with Crippen molar-refractivity contribution in [2.45, 2.75) is 53.1 Å². The Balaban J connectivity index is 2.25.